The third kappa shape index (κ3) is 4.96. The Morgan fingerprint density at radius 2 is 1.69 bits per heavy atom. The minimum absolute atomic E-state index is 0.146. The summed E-state index contributed by atoms with van der Waals surface area (Å²) in [5, 5.41) is 2.78. The number of carbonyl (C=O) groups excluding carboxylic acids is 1. The first-order valence-electron chi connectivity index (χ1n) is 8.25. The molecule has 0 atom stereocenters. The molecule has 1 amide bonds. The molecule has 0 saturated carbocycles. The van der Waals surface area contributed by atoms with Crippen LogP contribution in [0.3, 0.4) is 0 Å². The molecule has 1 aromatic heterocycles. The lowest BCUT2D eigenvalue weighted by molar-refractivity contribution is 0.0958. The highest BCUT2D eigenvalue weighted by molar-refractivity contribution is 5.94. The Morgan fingerprint density at radius 3 is 2.42 bits per heavy atom. The Labute approximate surface area is 152 Å². The molecule has 0 fully saturated rings. The van der Waals surface area contributed by atoms with Crippen LogP contribution in [0.15, 0.2) is 79.1 Å². The van der Waals surface area contributed by atoms with Gasteiger partial charge in [0.05, 0.1) is 12.7 Å². The van der Waals surface area contributed by atoms with E-state index >= 15 is 0 Å². The predicted molar refractivity (Wildman–Crippen MR) is 102 cm³/mol. The number of amides is 1. The Hall–Kier alpha value is -3.58. The highest BCUT2D eigenvalue weighted by atomic mass is 16.5. The number of ether oxygens (including phenoxy) is 1. The van der Waals surface area contributed by atoms with Crippen LogP contribution in [0, 0.1) is 11.8 Å². The summed E-state index contributed by atoms with van der Waals surface area (Å²) in [6.45, 7) is 0.531. The first-order chi connectivity index (χ1) is 12.8. The highest BCUT2D eigenvalue weighted by Gasteiger charge is 2.04. The van der Waals surface area contributed by atoms with Gasteiger partial charge in [-0.25, -0.2) is 0 Å². The van der Waals surface area contributed by atoms with Gasteiger partial charge in [-0.2, -0.15) is 0 Å². The number of nitrogens with one attached hydrogen (secondary N) is 1. The van der Waals surface area contributed by atoms with E-state index in [0.717, 1.165) is 11.1 Å². The van der Waals surface area contributed by atoms with E-state index in [4.69, 9.17) is 4.74 Å². The quantitative estimate of drug-likeness (QED) is 0.721. The third-order valence-corrected chi connectivity index (χ3v) is 3.66. The van der Waals surface area contributed by atoms with Crippen LogP contribution < -0.4 is 10.1 Å². The second kappa shape index (κ2) is 9.05. The third-order valence-electron chi connectivity index (χ3n) is 3.66. The molecule has 4 nitrogen and oxygen atoms in total. The van der Waals surface area contributed by atoms with Crippen molar-refractivity contribution < 1.29 is 9.53 Å². The maximum atomic E-state index is 12.1. The topological polar surface area (TPSA) is 51.2 Å². The summed E-state index contributed by atoms with van der Waals surface area (Å²) >= 11 is 0. The molecule has 0 aliphatic heterocycles. The summed E-state index contributed by atoms with van der Waals surface area (Å²) in [5.41, 5.74) is 2.81. The molecule has 0 spiro atoms. The minimum atomic E-state index is -0.146. The van der Waals surface area contributed by atoms with E-state index in [1.165, 1.54) is 0 Å². The number of carbonyl (C=O) groups is 1. The fourth-order valence-electron chi connectivity index (χ4n) is 2.34. The van der Waals surface area contributed by atoms with Crippen molar-refractivity contribution in [3.05, 3.63) is 84.7 Å². The highest BCUT2D eigenvalue weighted by Crippen LogP contribution is 2.19. The molecule has 4 heteroatoms. The Kier molecular flexibility index (Phi) is 6.00. The summed E-state index contributed by atoms with van der Waals surface area (Å²) in [4.78, 5) is 16.1. The number of rotatable bonds is 5. The predicted octanol–water partition coefficient (Wildman–Crippen LogP) is 3.56. The number of benzene rings is 2. The number of pyridine rings is 1. The second-order valence-electron chi connectivity index (χ2n) is 5.46. The van der Waals surface area contributed by atoms with Crippen molar-refractivity contribution in [2.24, 2.45) is 0 Å². The maximum absolute atomic E-state index is 12.1. The molecule has 0 bridgehead atoms. The number of hydrogen-bond acceptors (Lipinski definition) is 3. The molecule has 26 heavy (non-hydrogen) atoms. The molecule has 0 unspecified atom stereocenters. The monoisotopic (exact) mass is 342 g/mol. The molecule has 1 heterocycles. The zero-order valence-electron chi connectivity index (χ0n) is 14.2. The second-order valence-corrected chi connectivity index (χ2v) is 5.46. The van der Waals surface area contributed by atoms with Crippen LogP contribution in [-0.2, 0) is 0 Å². The molecule has 0 aliphatic carbocycles. The lowest BCUT2D eigenvalue weighted by atomic mass is 10.0. The van der Waals surface area contributed by atoms with Crippen molar-refractivity contribution in [2.45, 2.75) is 0 Å². The van der Waals surface area contributed by atoms with Crippen LogP contribution in [0.2, 0.25) is 0 Å². The van der Waals surface area contributed by atoms with E-state index in [1.807, 2.05) is 60.7 Å². The van der Waals surface area contributed by atoms with Gasteiger partial charge in [-0.1, -0.05) is 54.3 Å². The Bertz CT molecular complexity index is 896. The molecular weight excluding hydrogens is 324 g/mol. The average molecular weight is 342 g/mol. The summed E-state index contributed by atoms with van der Waals surface area (Å²) in [7, 11) is 0. The molecule has 0 saturated heterocycles. The molecule has 3 aromatic rings. The molecule has 0 radical (unpaired) electrons. The molecule has 0 aliphatic rings. The van der Waals surface area contributed by atoms with E-state index in [1.54, 1.807) is 18.5 Å². The fourth-order valence-corrected chi connectivity index (χ4v) is 2.34. The molecule has 3 rings (SSSR count). The smallest absolute Gasteiger partial charge is 0.252 e. The average Bonchev–Trinajstić information content (AvgIpc) is 2.72. The zero-order chi connectivity index (χ0) is 18.0. The SMILES string of the molecule is O=C(NCC#CCOc1cccnc1)c1ccc(-c2ccccc2)cc1. The summed E-state index contributed by atoms with van der Waals surface area (Å²) in [6.07, 6.45) is 3.31. The maximum Gasteiger partial charge on any atom is 0.252 e. The number of hydrogen-bond donors (Lipinski definition) is 1. The molecule has 2 aromatic carbocycles. The Balaban J connectivity index is 1.46. The Morgan fingerprint density at radius 1 is 0.923 bits per heavy atom. The van der Waals surface area contributed by atoms with Crippen molar-refractivity contribution in [1.29, 1.82) is 0 Å². The van der Waals surface area contributed by atoms with E-state index in [-0.39, 0.29) is 19.1 Å². The van der Waals surface area contributed by atoms with Crippen LogP contribution in [0.25, 0.3) is 11.1 Å². The van der Waals surface area contributed by atoms with E-state index in [0.29, 0.717) is 11.3 Å². The van der Waals surface area contributed by atoms with Crippen LogP contribution in [-0.4, -0.2) is 24.0 Å². The first-order valence-corrected chi connectivity index (χ1v) is 8.25. The van der Waals surface area contributed by atoms with Crippen molar-refractivity contribution in [3.63, 3.8) is 0 Å². The van der Waals surface area contributed by atoms with E-state index in [9.17, 15) is 4.79 Å². The van der Waals surface area contributed by atoms with E-state index in [2.05, 4.69) is 22.1 Å². The van der Waals surface area contributed by atoms with Gasteiger partial charge in [-0.05, 0) is 35.4 Å². The summed E-state index contributed by atoms with van der Waals surface area (Å²) in [6, 6.07) is 21.2. The van der Waals surface area contributed by atoms with Gasteiger partial charge < -0.3 is 10.1 Å². The van der Waals surface area contributed by atoms with Crippen molar-refractivity contribution in [2.75, 3.05) is 13.2 Å². The normalized spacial score (nSPS) is 9.69. The fraction of sp³-hybridized carbons (Fsp3) is 0.0909. The van der Waals surface area contributed by atoms with Crippen LogP contribution in [0.1, 0.15) is 10.4 Å². The molecule has 128 valence electrons. The minimum Gasteiger partial charge on any atom is -0.479 e. The summed E-state index contributed by atoms with van der Waals surface area (Å²) < 4.78 is 5.40. The lowest BCUT2D eigenvalue weighted by Gasteiger charge is -2.04. The van der Waals surface area contributed by atoms with Crippen LogP contribution >= 0.6 is 0 Å². The van der Waals surface area contributed by atoms with Gasteiger partial charge >= 0.3 is 0 Å². The van der Waals surface area contributed by atoms with Gasteiger partial charge in [0, 0.05) is 11.8 Å². The summed E-state index contributed by atoms with van der Waals surface area (Å²) in [5.74, 6) is 6.25. The zero-order valence-corrected chi connectivity index (χ0v) is 14.2. The van der Waals surface area contributed by atoms with Gasteiger partial charge in [0.25, 0.3) is 5.91 Å². The van der Waals surface area contributed by atoms with Crippen molar-refractivity contribution in [3.8, 4) is 28.7 Å². The van der Waals surface area contributed by atoms with Crippen LogP contribution in [0.4, 0.5) is 0 Å². The molecular formula is C22H18N2O2. The molecule has 1 N–H and O–H groups in total. The van der Waals surface area contributed by atoms with Crippen LogP contribution in [0.5, 0.6) is 5.75 Å². The van der Waals surface area contributed by atoms with Gasteiger partial charge in [0.2, 0.25) is 0 Å². The van der Waals surface area contributed by atoms with Crippen molar-refractivity contribution in [1.82, 2.24) is 10.3 Å². The van der Waals surface area contributed by atoms with Gasteiger partial charge in [-0.15, -0.1) is 0 Å². The lowest BCUT2D eigenvalue weighted by Crippen LogP contribution is -2.23. The van der Waals surface area contributed by atoms with Gasteiger partial charge in [-0.3, -0.25) is 9.78 Å². The number of nitrogens with zero attached hydrogens (tertiary/aromatic N) is 1. The standard InChI is InChI=1S/C22H18N2O2/c25-22(24-15-4-5-16-26-21-9-6-14-23-17-21)20-12-10-19(11-13-20)18-7-2-1-3-8-18/h1-3,6-14,17H,15-16H2,(H,24,25). The van der Waals surface area contributed by atoms with Gasteiger partial charge in [0.1, 0.15) is 12.4 Å². The largest absolute Gasteiger partial charge is 0.479 e. The number of aromatic nitrogens is 1. The van der Waals surface area contributed by atoms with Crippen molar-refractivity contribution >= 4 is 5.91 Å². The van der Waals surface area contributed by atoms with E-state index < -0.39 is 0 Å². The first kappa shape index (κ1) is 17.2. The van der Waals surface area contributed by atoms with Gasteiger partial charge in [0.15, 0.2) is 0 Å².